The zero-order chi connectivity index (χ0) is 9.90. The van der Waals surface area contributed by atoms with Gasteiger partial charge in [-0.3, -0.25) is 4.90 Å². The third-order valence-corrected chi connectivity index (χ3v) is 3.15. The maximum atomic E-state index is 4.04. The number of hydrogen-bond acceptors (Lipinski definition) is 2. The molecule has 0 saturated carbocycles. The number of nitrogens with zero attached hydrogens (tertiary/aromatic N) is 1. The molecular weight excluding hydrogens is 160 g/mol. The molecule has 0 aromatic rings. The van der Waals surface area contributed by atoms with Crippen molar-refractivity contribution in [3.8, 4) is 0 Å². The van der Waals surface area contributed by atoms with Gasteiger partial charge in [0.15, 0.2) is 0 Å². The van der Waals surface area contributed by atoms with Crippen molar-refractivity contribution < 1.29 is 0 Å². The van der Waals surface area contributed by atoms with Crippen LogP contribution in [-0.2, 0) is 0 Å². The predicted octanol–water partition coefficient (Wildman–Crippen LogP) is 1.84. The zero-order valence-corrected chi connectivity index (χ0v) is 9.19. The van der Waals surface area contributed by atoms with Crippen molar-refractivity contribution >= 4 is 0 Å². The predicted molar refractivity (Wildman–Crippen MR) is 57.7 cm³/mol. The number of rotatable bonds is 4. The van der Waals surface area contributed by atoms with E-state index in [1.54, 1.807) is 0 Å². The molecule has 0 unspecified atom stereocenters. The average Bonchev–Trinajstić information content (AvgIpc) is 2.52. The molecule has 2 heteroatoms. The summed E-state index contributed by atoms with van der Waals surface area (Å²) in [6, 6.07) is 0. The van der Waals surface area contributed by atoms with Crippen LogP contribution in [0.1, 0.15) is 27.2 Å². The van der Waals surface area contributed by atoms with Crippen molar-refractivity contribution in [2.45, 2.75) is 27.2 Å². The molecule has 1 N–H and O–H groups in total. The Labute approximate surface area is 82.0 Å². The zero-order valence-electron chi connectivity index (χ0n) is 9.19. The molecule has 2 nitrogen and oxygen atoms in total. The van der Waals surface area contributed by atoms with Crippen molar-refractivity contribution in [2.75, 3.05) is 26.3 Å². The summed E-state index contributed by atoms with van der Waals surface area (Å²) in [7, 11) is 0. The highest BCUT2D eigenvalue weighted by molar-refractivity contribution is 5.03. The van der Waals surface area contributed by atoms with Gasteiger partial charge >= 0.3 is 0 Å². The van der Waals surface area contributed by atoms with Gasteiger partial charge in [0.2, 0.25) is 0 Å². The molecule has 0 aliphatic carbocycles. The minimum atomic E-state index is 0.294. The van der Waals surface area contributed by atoms with E-state index in [1.165, 1.54) is 25.1 Å². The molecule has 0 amide bonds. The first kappa shape index (κ1) is 10.7. The second kappa shape index (κ2) is 4.25. The Morgan fingerprint density at radius 3 is 2.69 bits per heavy atom. The van der Waals surface area contributed by atoms with Gasteiger partial charge in [0, 0.05) is 26.3 Å². The van der Waals surface area contributed by atoms with Gasteiger partial charge in [-0.25, -0.2) is 0 Å². The highest BCUT2D eigenvalue weighted by atomic mass is 15.3. The fourth-order valence-corrected chi connectivity index (χ4v) is 1.40. The molecule has 13 heavy (non-hydrogen) atoms. The third kappa shape index (κ3) is 3.12. The molecular formula is C11H22N2. The molecule has 76 valence electrons. The molecule has 0 atom stereocenters. The SMILES string of the molecule is C=C(C)C(C)(C)CCN1CCNC1. The van der Waals surface area contributed by atoms with Crippen LogP contribution >= 0.6 is 0 Å². The van der Waals surface area contributed by atoms with Gasteiger partial charge in [-0.05, 0) is 18.8 Å². The summed E-state index contributed by atoms with van der Waals surface area (Å²) in [5.74, 6) is 0. The maximum Gasteiger partial charge on any atom is 0.0481 e. The van der Waals surface area contributed by atoms with E-state index in [-0.39, 0.29) is 0 Å². The van der Waals surface area contributed by atoms with Crippen LogP contribution in [0.25, 0.3) is 0 Å². The molecule has 1 rings (SSSR count). The molecule has 1 aliphatic rings. The van der Waals surface area contributed by atoms with Crippen LogP contribution in [0.2, 0.25) is 0 Å². The fraction of sp³-hybridized carbons (Fsp3) is 0.818. The lowest BCUT2D eigenvalue weighted by molar-refractivity contribution is 0.275. The molecule has 0 radical (unpaired) electrons. The van der Waals surface area contributed by atoms with Crippen molar-refractivity contribution in [2.24, 2.45) is 5.41 Å². The average molecular weight is 182 g/mol. The normalized spacial score (nSPS) is 19.3. The van der Waals surface area contributed by atoms with Crippen LogP contribution in [0.3, 0.4) is 0 Å². The van der Waals surface area contributed by atoms with Crippen LogP contribution < -0.4 is 5.32 Å². The lowest BCUT2D eigenvalue weighted by Gasteiger charge is -2.27. The lowest BCUT2D eigenvalue weighted by atomic mass is 9.83. The van der Waals surface area contributed by atoms with Crippen LogP contribution in [0, 0.1) is 5.41 Å². The molecule has 1 aliphatic heterocycles. The van der Waals surface area contributed by atoms with Crippen molar-refractivity contribution in [3.63, 3.8) is 0 Å². The van der Waals surface area contributed by atoms with Crippen molar-refractivity contribution in [1.82, 2.24) is 10.2 Å². The summed E-state index contributed by atoms with van der Waals surface area (Å²) in [6.07, 6.45) is 1.21. The lowest BCUT2D eigenvalue weighted by Crippen LogP contribution is -2.27. The van der Waals surface area contributed by atoms with E-state index >= 15 is 0 Å². The van der Waals surface area contributed by atoms with E-state index in [0.29, 0.717) is 5.41 Å². The summed E-state index contributed by atoms with van der Waals surface area (Å²) in [5.41, 5.74) is 1.59. The number of allylic oxidation sites excluding steroid dienone is 1. The van der Waals surface area contributed by atoms with E-state index in [2.05, 4.69) is 37.6 Å². The maximum absolute atomic E-state index is 4.04. The summed E-state index contributed by atoms with van der Waals surface area (Å²) in [4.78, 5) is 2.46. The molecule has 1 fully saturated rings. The van der Waals surface area contributed by atoms with Gasteiger partial charge in [0.1, 0.15) is 0 Å². The van der Waals surface area contributed by atoms with Gasteiger partial charge in [0.05, 0.1) is 0 Å². The molecule has 0 aromatic carbocycles. The van der Waals surface area contributed by atoms with E-state index in [0.717, 1.165) is 13.2 Å². The molecule has 0 spiro atoms. The highest BCUT2D eigenvalue weighted by Gasteiger charge is 2.20. The summed E-state index contributed by atoms with van der Waals surface area (Å²) in [6.45, 7) is 15.3. The highest BCUT2D eigenvalue weighted by Crippen LogP contribution is 2.28. The molecule has 1 heterocycles. The smallest absolute Gasteiger partial charge is 0.0481 e. The minimum absolute atomic E-state index is 0.294. The molecule has 1 saturated heterocycles. The van der Waals surface area contributed by atoms with Gasteiger partial charge in [-0.2, -0.15) is 0 Å². The van der Waals surface area contributed by atoms with E-state index < -0.39 is 0 Å². The Kier molecular flexibility index (Phi) is 3.51. The van der Waals surface area contributed by atoms with Gasteiger partial charge in [0.25, 0.3) is 0 Å². The topological polar surface area (TPSA) is 15.3 Å². The van der Waals surface area contributed by atoms with Gasteiger partial charge in [-0.15, -0.1) is 0 Å². The summed E-state index contributed by atoms with van der Waals surface area (Å²) >= 11 is 0. The Morgan fingerprint density at radius 2 is 2.23 bits per heavy atom. The first-order chi connectivity index (χ1) is 6.02. The fourth-order valence-electron chi connectivity index (χ4n) is 1.40. The van der Waals surface area contributed by atoms with E-state index in [1.807, 2.05) is 0 Å². The Hall–Kier alpha value is -0.340. The van der Waals surface area contributed by atoms with E-state index in [9.17, 15) is 0 Å². The first-order valence-corrected chi connectivity index (χ1v) is 5.11. The van der Waals surface area contributed by atoms with Crippen LogP contribution in [-0.4, -0.2) is 31.2 Å². The first-order valence-electron chi connectivity index (χ1n) is 5.11. The monoisotopic (exact) mass is 182 g/mol. The standard InChI is InChI=1S/C11H22N2/c1-10(2)11(3,4)5-7-13-8-6-12-9-13/h12H,1,5-9H2,2-4H3. The van der Waals surface area contributed by atoms with E-state index in [4.69, 9.17) is 0 Å². The molecule has 0 aromatic heterocycles. The quantitative estimate of drug-likeness (QED) is 0.667. The van der Waals surface area contributed by atoms with Gasteiger partial charge in [-0.1, -0.05) is 26.0 Å². The van der Waals surface area contributed by atoms with Crippen LogP contribution in [0.4, 0.5) is 0 Å². The molecule has 0 bridgehead atoms. The Bertz CT molecular complexity index is 179. The summed E-state index contributed by atoms with van der Waals surface area (Å²) in [5, 5.41) is 3.34. The van der Waals surface area contributed by atoms with Gasteiger partial charge < -0.3 is 5.32 Å². The van der Waals surface area contributed by atoms with Crippen LogP contribution in [0.5, 0.6) is 0 Å². The Balaban J connectivity index is 2.28. The Morgan fingerprint density at radius 1 is 1.54 bits per heavy atom. The van der Waals surface area contributed by atoms with Crippen molar-refractivity contribution in [1.29, 1.82) is 0 Å². The number of hydrogen-bond donors (Lipinski definition) is 1. The minimum Gasteiger partial charge on any atom is -0.303 e. The van der Waals surface area contributed by atoms with Crippen molar-refractivity contribution in [3.05, 3.63) is 12.2 Å². The third-order valence-electron chi connectivity index (χ3n) is 3.15. The second-order valence-electron chi connectivity index (χ2n) is 4.69. The second-order valence-corrected chi connectivity index (χ2v) is 4.69. The van der Waals surface area contributed by atoms with Crippen LogP contribution in [0.15, 0.2) is 12.2 Å². The summed E-state index contributed by atoms with van der Waals surface area (Å²) < 4.78 is 0. The number of nitrogens with one attached hydrogen (secondary N) is 1. The largest absolute Gasteiger partial charge is 0.303 e.